The number of nitrogen functional groups attached to an aromatic ring is 1. The van der Waals surface area contributed by atoms with Crippen LogP contribution >= 0.6 is 0 Å². The Balaban J connectivity index is 1.51. The Morgan fingerprint density at radius 2 is 2.04 bits per heavy atom. The van der Waals surface area contributed by atoms with Crippen molar-refractivity contribution in [3.8, 4) is 0 Å². The van der Waals surface area contributed by atoms with E-state index in [9.17, 15) is 9.59 Å². The summed E-state index contributed by atoms with van der Waals surface area (Å²) in [7, 11) is 0. The van der Waals surface area contributed by atoms with Crippen molar-refractivity contribution in [1.82, 2.24) is 14.9 Å². The van der Waals surface area contributed by atoms with Gasteiger partial charge in [-0.15, -0.1) is 0 Å². The topological polar surface area (TPSA) is 92.4 Å². The second-order valence-corrected chi connectivity index (χ2v) is 6.72. The molecule has 26 heavy (non-hydrogen) atoms. The number of para-hydroxylation sites is 1. The molecule has 1 saturated heterocycles. The third kappa shape index (κ3) is 3.12. The lowest BCUT2D eigenvalue weighted by molar-refractivity contribution is -0.131. The highest BCUT2D eigenvalue weighted by Crippen LogP contribution is 2.27. The molecule has 2 aliphatic heterocycles. The molecular weight excluding hydrogens is 330 g/mol. The van der Waals surface area contributed by atoms with Crippen molar-refractivity contribution in [2.45, 2.75) is 32.2 Å². The van der Waals surface area contributed by atoms with Crippen LogP contribution in [0.1, 0.15) is 29.7 Å². The van der Waals surface area contributed by atoms with Crippen LogP contribution in [-0.4, -0.2) is 39.8 Å². The molecular formula is C19H21N5O2. The maximum atomic E-state index is 12.8. The van der Waals surface area contributed by atoms with Crippen molar-refractivity contribution in [1.29, 1.82) is 0 Å². The number of carbonyl (C=O) groups is 2. The summed E-state index contributed by atoms with van der Waals surface area (Å²) >= 11 is 0. The third-order valence-electron chi connectivity index (χ3n) is 5.00. The molecule has 1 aromatic carbocycles. The van der Waals surface area contributed by atoms with Crippen LogP contribution < -0.4 is 10.6 Å². The molecule has 7 heteroatoms. The van der Waals surface area contributed by atoms with E-state index >= 15 is 0 Å². The van der Waals surface area contributed by atoms with Crippen LogP contribution in [0.15, 0.2) is 30.5 Å². The van der Waals surface area contributed by atoms with Gasteiger partial charge in [0.2, 0.25) is 17.8 Å². The van der Waals surface area contributed by atoms with Crippen molar-refractivity contribution in [3.63, 3.8) is 0 Å². The van der Waals surface area contributed by atoms with Crippen molar-refractivity contribution in [3.05, 3.63) is 47.3 Å². The van der Waals surface area contributed by atoms with E-state index in [2.05, 4.69) is 9.97 Å². The molecule has 2 aromatic rings. The number of fused-ring (bicyclic) bond motifs is 1. The summed E-state index contributed by atoms with van der Waals surface area (Å²) in [4.78, 5) is 36.8. The fourth-order valence-corrected chi connectivity index (χ4v) is 3.65. The number of amides is 2. The van der Waals surface area contributed by atoms with Gasteiger partial charge in [0.1, 0.15) is 0 Å². The van der Waals surface area contributed by atoms with Crippen LogP contribution in [-0.2, 0) is 29.0 Å². The Kier molecular flexibility index (Phi) is 4.28. The lowest BCUT2D eigenvalue weighted by atomic mass is 10.0. The largest absolute Gasteiger partial charge is 0.368 e. The van der Waals surface area contributed by atoms with Crippen LogP contribution in [0.4, 0.5) is 11.6 Å². The van der Waals surface area contributed by atoms with Gasteiger partial charge < -0.3 is 15.5 Å². The normalized spacial score (nSPS) is 16.7. The van der Waals surface area contributed by atoms with E-state index in [1.54, 1.807) is 11.1 Å². The van der Waals surface area contributed by atoms with Gasteiger partial charge >= 0.3 is 0 Å². The highest BCUT2D eigenvalue weighted by molar-refractivity contribution is 5.96. The first kappa shape index (κ1) is 16.5. The minimum atomic E-state index is 0.0478. The summed E-state index contributed by atoms with van der Waals surface area (Å²) in [5, 5.41) is 0. The number of hydrogen-bond donors (Lipinski definition) is 1. The van der Waals surface area contributed by atoms with E-state index in [-0.39, 0.29) is 24.2 Å². The summed E-state index contributed by atoms with van der Waals surface area (Å²) in [5.74, 6) is 0.450. The van der Waals surface area contributed by atoms with E-state index in [1.807, 2.05) is 29.2 Å². The average Bonchev–Trinajstić information content (AvgIpc) is 3.07. The van der Waals surface area contributed by atoms with Crippen LogP contribution in [0.25, 0.3) is 0 Å². The van der Waals surface area contributed by atoms with E-state index < -0.39 is 0 Å². The van der Waals surface area contributed by atoms with Crippen LogP contribution in [0, 0.1) is 0 Å². The number of nitrogens with two attached hydrogens (primary N) is 1. The van der Waals surface area contributed by atoms with E-state index in [4.69, 9.17) is 5.73 Å². The molecule has 0 atom stereocenters. The van der Waals surface area contributed by atoms with Gasteiger partial charge in [-0.1, -0.05) is 18.2 Å². The molecule has 0 saturated carbocycles. The van der Waals surface area contributed by atoms with Gasteiger partial charge in [0, 0.05) is 49.9 Å². The Bertz CT molecular complexity index is 867. The molecule has 0 aliphatic carbocycles. The zero-order valence-corrected chi connectivity index (χ0v) is 14.5. The lowest BCUT2D eigenvalue weighted by Crippen LogP contribution is -2.37. The third-order valence-corrected chi connectivity index (χ3v) is 5.00. The van der Waals surface area contributed by atoms with Gasteiger partial charge in [0.25, 0.3) is 0 Å². The monoisotopic (exact) mass is 351 g/mol. The van der Waals surface area contributed by atoms with Crippen LogP contribution in [0.3, 0.4) is 0 Å². The molecule has 4 rings (SSSR count). The van der Waals surface area contributed by atoms with E-state index in [0.29, 0.717) is 25.9 Å². The molecule has 1 fully saturated rings. The smallest absolute Gasteiger partial charge is 0.227 e. The molecule has 0 unspecified atom stereocenters. The molecule has 3 heterocycles. The molecule has 0 radical (unpaired) electrons. The number of nitrogens with zero attached hydrogens (tertiary/aromatic N) is 4. The van der Waals surface area contributed by atoms with Gasteiger partial charge in [0.15, 0.2) is 0 Å². The summed E-state index contributed by atoms with van der Waals surface area (Å²) in [6.07, 6.45) is 4.11. The number of anilines is 2. The Hall–Kier alpha value is -2.96. The highest BCUT2D eigenvalue weighted by Gasteiger charge is 2.26. The Labute approximate surface area is 151 Å². The first-order chi connectivity index (χ1) is 12.6. The molecule has 134 valence electrons. The summed E-state index contributed by atoms with van der Waals surface area (Å²) < 4.78 is 0. The van der Waals surface area contributed by atoms with Gasteiger partial charge in [-0.05, 0) is 18.1 Å². The second-order valence-electron chi connectivity index (χ2n) is 6.72. The maximum absolute atomic E-state index is 12.8. The first-order valence-corrected chi connectivity index (χ1v) is 8.88. The van der Waals surface area contributed by atoms with Gasteiger partial charge in [-0.3, -0.25) is 9.59 Å². The summed E-state index contributed by atoms with van der Waals surface area (Å²) in [6, 6.07) is 7.68. The Morgan fingerprint density at radius 3 is 2.85 bits per heavy atom. The zero-order valence-electron chi connectivity index (χ0n) is 14.5. The van der Waals surface area contributed by atoms with Gasteiger partial charge in [0.05, 0.1) is 12.1 Å². The summed E-state index contributed by atoms with van der Waals surface area (Å²) in [6.45, 7) is 1.84. The molecule has 1 aromatic heterocycles. The van der Waals surface area contributed by atoms with Crippen LogP contribution in [0.5, 0.6) is 0 Å². The van der Waals surface area contributed by atoms with Crippen molar-refractivity contribution < 1.29 is 9.59 Å². The second kappa shape index (κ2) is 6.74. The fourth-order valence-electron chi connectivity index (χ4n) is 3.65. The number of aromatic nitrogens is 2. The van der Waals surface area contributed by atoms with Crippen molar-refractivity contribution in [2.24, 2.45) is 0 Å². The predicted molar refractivity (Wildman–Crippen MR) is 97.3 cm³/mol. The van der Waals surface area contributed by atoms with Crippen LogP contribution in [0.2, 0.25) is 0 Å². The molecule has 7 nitrogen and oxygen atoms in total. The lowest BCUT2D eigenvalue weighted by Gasteiger charge is -2.29. The van der Waals surface area contributed by atoms with E-state index in [1.165, 1.54) is 0 Å². The minimum Gasteiger partial charge on any atom is -0.368 e. The van der Waals surface area contributed by atoms with Crippen molar-refractivity contribution >= 4 is 23.5 Å². The summed E-state index contributed by atoms with van der Waals surface area (Å²) in [5.41, 5.74) is 9.25. The molecule has 0 spiro atoms. The minimum absolute atomic E-state index is 0.0478. The number of hydrogen-bond acceptors (Lipinski definition) is 5. The first-order valence-electron chi connectivity index (χ1n) is 8.88. The average molecular weight is 351 g/mol. The Morgan fingerprint density at radius 1 is 1.19 bits per heavy atom. The standard InChI is InChI=1S/C19H21N5O2/c20-19-21-11-14-12-23(9-7-15(14)22-19)18(26)10-13-4-1-2-5-16(13)24-8-3-6-17(24)25/h1-2,4-5,11H,3,6-10,12H2,(H2,20,21,22). The fraction of sp³-hybridized carbons (Fsp3) is 0.368. The quantitative estimate of drug-likeness (QED) is 0.900. The predicted octanol–water partition coefficient (Wildman–Crippen LogP) is 1.31. The SMILES string of the molecule is Nc1ncc2c(n1)CCN(C(=O)Cc1ccccc1N1CCCC1=O)C2. The molecule has 0 bridgehead atoms. The molecule has 2 aliphatic rings. The number of benzene rings is 1. The molecule has 2 N–H and O–H groups in total. The van der Waals surface area contributed by atoms with Crippen molar-refractivity contribution in [2.75, 3.05) is 23.7 Å². The number of carbonyl (C=O) groups excluding carboxylic acids is 2. The zero-order chi connectivity index (χ0) is 18.1. The van der Waals surface area contributed by atoms with Gasteiger partial charge in [-0.25, -0.2) is 9.97 Å². The maximum Gasteiger partial charge on any atom is 0.227 e. The number of rotatable bonds is 3. The van der Waals surface area contributed by atoms with E-state index in [0.717, 1.165) is 35.5 Å². The molecule has 2 amide bonds. The van der Waals surface area contributed by atoms with Gasteiger partial charge in [-0.2, -0.15) is 0 Å². The highest BCUT2D eigenvalue weighted by atomic mass is 16.2.